The average Bonchev–Trinajstić information content (AvgIpc) is 3.03. The second kappa shape index (κ2) is 4.41. The second-order valence-corrected chi connectivity index (χ2v) is 5.60. The van der Waals surface area contributed by atoms with Gasteiger partial charge in [-0.2, -0.15) is 5.10 Å². The minimum atomic E-state index is -0.222. The molecule has 1 aromatic heterocycles. The number of nitrogens with zero attached hydrogens (tertiary/aromatic N) is 3. The van der Waals surface area contributed by atoms with Crippen molar-refractivity contribution >= 4 is 0 Å². The molecule has 1 N–H and O–H groups in total. The largest absolute Gasteiger partial charge is 0.392 e. The highest BCUT2D eigenvalue weighted by atomic mass is 16.3. The zero-order valence-electron chi connectivity index (χ0n) is 10.4. The molecule has 1 aromatic rings. The third-order valence-corrected chi connectivity index (χ3v) is 4.67. The summed E-state index contributed by atoms with van der Waals surface area (Å²) in [5, 5.41) is 14.5. The van der Waals surface area contributed by atoms with E-state index in [0.29, 0.717) is 12.3 Å². The normalized spacial score (nSPS) is 33.2. The van der Waals surface area contributed by atoms with E-state index < -0.39 is 0 Å². The zero-order valence-corrected chi connectivity index (χ0v) is 10.4. The van der Waals surface area contributed by atoms with Crippen LogP contribution in [0.3, 0.4) is 0 Å². The van der Waals surface area contributed by atoms with Crippen molar-refractivity contribution in [3.05, 3.63) is 12.2 Å². The first kappa shape index (κ1) is 11.2. The molecule has 2 aliphatic rings. The van der Waals surface area contributed by atoms with Crippen molar-refractivity contribution in [2.75, 3.05) is 0 Å². The quantitative estimate of drug-likeness (QED) is 0.863. The van der Waals surface area contributed by atoms with E-state index in [-0.39, 0.29) is 6.10 Å². The van der Waals surface area contributed by atoms with Crippen LogP contribution in [0.15, 0.2) is 6.33 Å². The third kappa shape index (κ3) is 1.99. The number of rotatable bonds is 4. The lowest BCUT2D eigenvalue weighted by Crippen LogP contribution is -2.28. The highest BCUT2D eigenvalue weighted by Gasteiger charge is 2.42. The molecule has 2 saturated carbocycles. The second-order valence-electron chi connectivity index (χ2n) is 5.60. The molecule has 3 rings (SSSR count). The van der Waals surface area contributed by atoms with E-state index in [1.165, 1.54) is 25.7 Å². The highest BCUT2D eigenvalue weighted by Crippen LogP contribution is 2.49. The molecule has 0 saturated heterocycles. The van der Waals surface area contributed by atoms with Crippen molar-refractivity contribution in [2.24, 2.45) is 17.8 Å². The molecule has 0 aliphatic heterocycles. The van der Waals surface area contributed by atoms with E-state index >= 15 is 0 Å². The van der Waals surface area contributed by atoms with E-state index in [9.17, 15) is 5.11 Å². The van der Waals surface area contributed by atoms with Gasteiger partial charge in [0.2, 0.25) is 0 Å². The Kier molecular flexibility index (Phi) is 2.90. The molecule has 2 bridgehead atoms. The first-order chi connectivity index (χ1) is 8.28. The first-order valence-electron chi connectivity index (χ1n) is 6.82. The van der Waals surface area contributed by atoms with Gasteiger partial charge >= 0.3 is 0 Å². The van der Waals surface area contributed by atoms with Crippen LogP contribution in [0.5, 0.6) is 0 Å². The molecule has 1 heterocycles. The predicted molar refractivity (Wildman–Crippen MR) is 64.3 cm³/mol. The van der Waals surface area contributed by atoms with Crippen LogP contribution in [-0.2, 0) is 13.0 Å². The van der Waals surface area contributed by atoms with Crippen LogP contribution < -0.4 is 0 Å². The number of aromatic nitrogens is 3. The van der Waals surface area contributed by atoms with Gasteiger partial charge in [-0.3, -0.25) is 4.68 Å². The Morgan fingerprint density at radius 2 is 2.35 bits per heavy atom. The van der Waals surface area contributed by atoms with Crippen LogP contribution >= 0.6 is 0 Å². The average molecular weight is 235 g/mol. The van der Waals surface area contributed by atoms with Gasteiger partial charge in [-0.1, -0.05) is 6.42 Å². The van der Waals surface area contributed by atoms with Crippen LogP contribution in [0.1, 0.15) is 38.4 Å². The van der Waals surface area contributed by atoms with Crippen molar-refractivity contribution in [3.63, 3.8) is 0 Å². The monoisotopic (exact) mass is 235 g/mol. The molecule has 0 radical (unpaired) electrons. The Morgan fingerprint density at radius 3 is 3.00 bits per heavy atom. The van der Waals surface area contributed by atoms with Gasteiger partial charge in [-0.25, -0.2) is 4.98 Å². The Morgan fingerprint density at radius 1 is 1.47 bits per heavy atom. The molecular weight excluding hydrogens is 214 g/mol. The van der Waals surface area contributed by atoms with Gasteiger partial charge in [-0.05, 0) is 43.9 Å². The van der Waals surface area contributed by atoms with E-state index in [2.05, 4.69) is 17.0 Å². The topological polar surface area (TPSA) is 50.9 Å². The van der Waals surface area contributed by atoms with Crippen LogP contribution in [0.4, 0.5) is 0 Å². The summed E-state index contributed by atoms with van der Waals surface area (Å²) in [6.07, 6.45) is 7.33. The maximum absolute atomic E-state index is 10.4. The maximum Gasteiger partial charge on any atom is 0.138 e. The summed E-state index contributed by atoms with van der Waals surface area (Å²) in [7, 11) is 0. The predicted octanol–water partition coefficient (Wildman–Crippen LogP) is 1.64. The summed E-state index contributed by atoms with van der Waals surface area (Å²) >= 11 is 0. The molecule has 94 valence electrons. The molecule has 2 aliphatic carbocycles. The highest BCUT2D eigenvalue weighted by molar-refractivity contribution is 4.97. The Balaban J connectivity index is 1.65. The fraction of sp³-hybridized carbons (Fsp3) is 0.846. The van der Waals surface area contributed by atoms with E-state index in [1.807, 2.05) is 4.68 Å². The van der Waals surface area contributed by atoms with Crippen molar-refractivity contribution in [2.45, 2.75) is 51.7 Å². The van der Waals surface area contributed by atoms with Gasteiger partial charge in [0.25, 0.3) is 0 Å². The van der Waals surface area contributed by atoms with Gasteiger partial charge < -0.3 is 5.11 Å². The van der Waals surface area contributed by atoms with Crippen LogP contribution in [0.25, 0.3) is 0 Å². The zero-order chi connectivity index (χ0) is 11.8. The van der Waals surface area contributed by atoms with Crippen molar-refractivity contribution in [3.8, 4) is 0 Å². The number of fused-ring (bicyclic) bond motifs is 2. The summed E-state index contributed by atoms with van der Waals surface area (Å²) in [6, 6.07) is 0. The Labute approximate surface area is 102 Å². The first-order valence-corrected chi connectivity index (χ1v) is 6.82. The molecule has 4 atom stereocenters. The SMILES string of the molecule is CCn1ncnc1CC(O)C1CC2CCC1C2. The molecule has 0 amide bonds. The van der Waals surface area contributed by atoms with Crippen molar-refractivity contribution in [1.82, 2.24) is 14.8 Å². The number of hydrogen-bond donors (Lipinski definition) is 1. The molecule has 0 spiro atoms. The minimum Gasteiger partial charge on any atom is -0.392 e. The van der Waals surface area contributed by atoms with E-state index in [1.54, 1.807) is 6.33 Å². The van der Waals surface area contributed by atoms with Crippen LogP contribution in [-0.4, -0.2) is 26.0 Å². The maximum atomic E-state index is 10.4. The molecule has 4 unspecified atom stereocenters. The minimum absolute atomic E-state index is 0.222. The van der Waals surface area contributed by atoms with Gasteiger partial charge in [0, 0.05) is 13.0 Å². The fourth-order valence-electron chi connectivity index (χ4n) is 3.81. The van der Waals surface area contributed by atoms with Gasteiger partial charge in [-0.15, -0.1) is 0 Å². The van der Waals surface area contributed by atoms with E-state index in [4.69, 9.17) is 0 Å². The molecule has 2 fully saturated rings. The van der Waals surface area contributed by atoms with Crippen molar-refractivity contribution in [1.29, 1.82) is 0 Å². The number of aliphatic hydroxyl groups is 1. The summed E-state index contributed by atoms with van der Waals surface area (Å²) in [6.45, 7) is 2.89. The summed E-state index contributed by atoms with van der Waals surface area (Å²) in [5.41, 5.74) is 0. The lowest BCUT2D eigenvalue weighted by molar-refractivity contribution is 0.0725. The lowest BCUT2D eigenvalue weighted by atomic mass is 9.83. The number of aryl methyl sites for hydroxylation is 1. The number of aliphatic hydroxyl groups excluding tert-OH is 1. The smallest absolute Gasteiger partial charge is 0.138 e. The van der Waals surface area contributed by atoms with Crippen molar-refractivity contribution < 1.29 is 5.11 Å². The summed E-state index contributed by atoms with van der Waals surface area (Å²) < 4.78 is 1.89. The molecule has 4 nitrogen and oxygen atoms in total. The molecule has 4 heteroatoms. The lowest BCUT2D eigenvalue weighted by Gasteiger charge is -2.26. The van der Waals surface area contributed by atoms with E-state index in [0.717, 1.165) is 24.2 Å². The van der Waals surface area contributed by atoms with Gasteiger partial charge in [0.1, 0.15) is 12.2 Å². The molecular formula is C13H21N3O. The third-order valence-electron chi connectivity index (χ3n) is 4.67. The van der Waals surface area contributed by atoms with Crippen LogP contribution in [0, 0.1) is 17.8 Å². The summed E-state index contributed by atoms with van der Waals surface area (Å²) in [5.74, 6) is 3.11. The summed E-state index contributed by atoms with van der Waals surface area (Å²) in [4.78, 5) is 4.25. The molecule has 0 aromatic carbocycles. The van der Waals surface area contributed by atoms with Gasteiger partial charge in [0.05, 0.1) is 6.10 Å². The van der Waals surface area contributed by atoms with Gasteiger partial charge in [0.15, 0.2) is 0 Å². The number of hydrogen-bond acceptors (Lipinski definition) is 3. The van der Waals surface area contributed by atoms with Crippen LogP contribution in [0.2, 0.25) is 0 Å². The molecule has 17 heavy (non-hydrogen) atoms. The Hall–Kier alpha value is -0.900. The standard InChI is InChI=1S/C13H21N3O/c1-2-16-13(14-8-15-16)7-12(17)11-6-9-3-4-10(11)5-9/h8-12,17H,2-7H2,1H3. The fourth-order valence-corrected chi connectivity index (χ4v) is 3.81. The Bertz CT molecular complexity index is 390.